The second-order valence-electron chi connectivity index (χ2n) is 4.31. The van der Waals surface area contributed by atoms with Gasteiger partial charge in [-0.25, -0.2) is 0 Å². The van der Waals surface area contributed by atoms with Crippen LogP contribution in [-0.4, -0.2) is 32.2 Å². The summed E-state index contributed by atoms with van der Waals surface area (Å²) in [7, 11) is 4.64. The van der Waals surface area contributed by atoms with E-state index in [1.54, 1.807) is 38.4 Å². The average Bonchev–Trinajstić information content (AvgIpc) is 2.53. The number of aromatic nitrogens is 1. The summed E-state index contributed by atoms with van der Waals surface area (Å²) >= 11 is 0. The van der Waals surface area contributed by atoms with E-state index in [0.717, 1.165) is 0 Å². The number of H-pyrrole nitrogens is 1. The van der Waals surface area contributed by atoms with Gasteiger partial charge in [0.15, 0.2) is 0 Å². The summed E-state index contributed by atoms with van der Waals surface area (Å²) < 4.78 is 10.4. The zero-order chi connectivity index (χ0) is 15.4. The van der Waals surface area contributed by atoms with Gasteiger partial charge in [0.05, 0.1) is 19.9 Å². The molecular formula is C15H16N2O4. The van der Waals surface area contributed by atoms with E-state index in [-0.39, 0.29) is 5.56 Å². The third-order valence-electron chi connectivity index (χ3n) is 3.10. The van der Waals surface area contributed by atoms with E-state index in [4.69, 9.17) is 9.47 Å². The van der Waals surface area contributed by atoms with Crippen LogP contribution < -0.4 is 19.9 Å². The number of amides is 1. The number of aromatic amines is 1. The highest BCUT2D eigenvalue weighted by molar-refractivity contribution is 6.06. The van der Waals surface area contributed by atoms with Crippen molar-refractivity contribution in [1.29, 1.82) is 0 Å². The summed E-state index contributed by atoms with van der Waals surface area (Å²) in [6.45, 7) is 0. The molecule has 0 unspecified atom stereocenters. The van der Waals surface area contributed by atoms with Gasteiger partial charge in [0, 0.05) is 19.3 Å². The molecule has 6 nitrogen and oxygen atoms in total. The number of nitrogens with one attached hydrogen (secondary N) is 1. The number of rotatable bonds is 4. The van der Waals surface area contributed by atoms with Gasteiger partial charge in [0.2, 0.25) is 0 Å². The maximum atomic E-state index is 12.4. The summed E-state index contributed by atoms with van der Waals surface area (Å²) in [5.41, 5.74) is 0.186. The van der Waals surface area contributed by atoms with E-state index >= 15 is 0 Å². The summed E-state index contributed by atoms with van der Waals surface area (Å²) in [5, 5.41) is 0. The van der Waals surface area contributed by atoms with Crippen molar-refractivity contribution in [3.8, 4) is 11.5 Å². The van der Waals surface area contributed by atoms with Crippen molar-refractivity contribution >= 4 is 11.6 Å². The second kappa shape index (κ2) is 6.13. The predicted octanol–water partition coefficient (Wildman–Crippen LogP) is 1.67. The molecule has 1 aromatic heterocycles. The van der Waals surface area contributed by atoms with Gasteiger partial charge in [-0.3, -0.25) is 9.59 Å². The normalized spacial score (nSPS) is 10.0. The molecule has 2 rings (SSSR count). The molecule has 0 aliphatic rings. The van der Waals surface area contributed by atoms with Gasteiger partial charge in [-0.05, 0) is 24.3 Å². The fourth-order valence-electron chi connectivity index (χ4n) is 1.94. The van der Waals surface area contributed by atoms with Crippen LogP contribution in [-0.2, 0) is 0 Å². The number of hydrogen-bond donors (Lipinski definition) is 1. The molecule has 6 heteroatoms. The Morgan fingerprint density at radius 1 is 1.19 bits per heavy atom. The van der Waals surface area contributed by atoms with Gasteiger partial charge < -0.3 is 19.4 Å². The van der Waals surface area contributed by atoms with E-state index in [9.17, 15) is 9.59 Å². The first kappa shape index (κ1) is 14.6. The molecular weight excluding hydrogens is 272 g/mol. The number of ether oxygens (including phenoxy) is 2. The lowest BCUT2D eigenvalue weighted by Gasteiger charge is -2.20. The molecule has 0 radical (unpaired) electrons. The van der Waals surface area contributed by atoms with Crippen molar-refractivity contribution in [3.05, 3.63) is 52.4 Å². The Hall–Kier alpha value is -2.76. The third-order valence-corrected chi connectivity index (χ3v) is 3.10. The molecule has 21 heavy (non-hydrogen) atoms. The fraction of sp³-hybridized carbons (Fsp3) is 0.200. The van der Waals surface area contributed by atoms with Crippen molar-refractivity contribution in [2.45, 2.75) is 0 Å². The topological polar surface area (TPSA) is 71.6 Å². The number of pyridine rings is 1. The Labute approximate surface area is 121 Å². The minimum absolute atomic E-state index is 0.0675. The van der Waals surface area contributed by atoms with E-state index in [2.05, 4.69) is 4.98 Å². The second-order valence-corrected chi connectivity index (χ2v) is 4.31. The number of anilines is 1. The highest BCUT2D eigenvalue weighted by Gasteiger charge is 2.19. The number of benzene rings is 1. The Kier molecular flexibility index (Phi) is 4.27. The first-order valence-corrected chi connectivity index (χ1v) is 6.26. The lowest BCUT2D eigenvalue weighted by atomic mass is 10.2. The number of carbonyl (C=O) groups excluding carboxylic acids is 1. The summed E-state index contributed by atoms with van der Waals surface area (Å²) in [6.07, 6.45) is 1.48. The number of methoxy groups -OCH3 is 2. The minimum atomic E-state index is -0.429. The summed E-state index contributed by atoms with van der Waals surface area (Å²) in [4.78, 5) is 27.9. The maximum absolute atomic E-state index is 12.4. The SMILES string of the molecule is COc1ccc(N(C)C(=O)c2ccc[nH]c2=O)c(OC)c1. The molecule has 0 fully saturated rings. The lowest BCUT2D eigenvalue weighted by molar-refractivity contribution is 0.0991. The van der Waals surface area contributed by atoms with E-state index in [0.29, 0.717) is 17.2 Å². The lowest BCUT2D eigenvalue weighted by Crippen LogP contribution is -2.31. The van der Waals surface area contributed by atoms with E-state index in [1.807, 2.05) is 0 Å². The quantitative estimate of drug-likeness (QED) is 0.929. The van der Waals surface area contributed by atoms with Crippen LogP contribution >= 0.6 is 0 Å². The molecule has 0 saturated carbocycles. The zero-order valence-corrected chi connectivity index (χ0v) is 12.0. The third kappa shape index (κ3) is 2.89. The van der Waals surface area contributed by atoms with Gasteiger partial charge in [0.1, 0.15) is 17.1 Å². The van der Waals surface area contributed by atoms with Crippen molar-refractivity contribution in [3.63, 3.8) is 0 Å². The van der Waals surface area contributed by atoms with Crippen LogP contribution in [0.25, 0.3) is 0 Å². The molecule has 2 aromatic rings. The largest absolute Gasteiger partial charge is 0.497 e. The van der Waals surface area contributed by atoms with Crippen molar-refractivity contribution < 1.29 is 14.3 Å². The maximum Gasteiger partial charge on any atom is 0.263 e. The minimum Gasteiger partial charge on any atom is -0.497 e. The standard InChI is InChI=1S/C15H16N2O4/c1-17(15(19)11-5-4-8-16-14(11)18)12-7-6-10(20-2)9-13(12)21-3/h4-9H,1-3H3,(H,16,18). The Balaban J connectivity index is 2.40. The van der Waals surface area contributed by atoms with E-state index in [1.165, 1.54) is 24.3 Å². The van der Waals surface area contributed by atoms with Crippen LogP contribution in [0.3, 0.4) is 0 Å². The summed E-state index contributed by atoms with van der Waals surface area (Å²) in [6, 6.07) is 8.18. The molecule has 1 N–H and O–H groups in total. The smallest absolute Gasteiger partial charge is 0.263 e. The Bertz CT molecular complexity index is 709. The van der Waals surface area contributed by atoms with Gasteiger partial charge in [-0.2, -0.15) is 0 Å². The number of nitrogens with zero attached hydrogens (tertiary/aromatic N) is 1. The fourth-order valence-corrected chi connectivity index (χ4v) is 1.94. The van der Waals surface area contributed by atoms with Gasteiger partial charge in [-0.15, -0.1) is 0 Å². The van der Waals surface area contributed by atoms with Crippen LogP contribution in [0.15, 0.2) is 41.3 Å². The van der Waals surface area contributed by atoms with Crippen molar-refractivity contribution in [1.82, 2.24) is 4.98 Å². The predicted molar refractivity (Wildman–Crippen MR) is 79.3 cm³/mol. The average molecular weight is 288 g/mol. The monoisotopic (exact) mass is 288 g/mol. The number of carbonyl (C=O) groups is 1. The van der Waals surface area contributed by atoms with Crippen LogP contribution in [0, 0.1) is 0 Å². The Morgan fingerprint density at radius 2 is 1.95 bits per heavy atom. The van der Waals surface area contributed by atoms with Crippen molar-refractivity contribution in [2.24, 2.45) is 0 Å². The molecule has 1 heterocycles. The van der Waals surface area contributed by atoms with Crippen molar-refractivity contribution in [2.75, 3.05) is 26.2 Å². The first-order valence-electron chi connectivity index (χ1n) is 6.26. The van der Waals surface area contributed by atoms with Gasteiger partial charge >= 0.3 is 0 Å². The van der Waals surface area contributed by atoms with Crippen LogP contribution in [0.2, 0.25) is 0 Å². The summed E-state index contributed by atoms with van der Waals surface area (Å²) in [5.74, 6) is 0.687. The molecule has 0 aliphatic heterocycles. The molecule has 1 aromatic carbocycles. The molecule has 1 amide bonds. The molecule has 0 atom stereocenters. The van der Waals surface area contributed by atoms with Gasteiger partial charge in [0.25, 0.3) is 11.5 Å². The zero-order valence-electron chi connectivity index (χ0n) is 12.0. The molecule has 110 valence electrons. The first-order chi connectivity index (χ1) is 10.1. The van der Waals surface area contributed by atoms with Crippen LogP contribution in [0.5, 0.6) is 11.5 Å². The molecule has 0 saturated heterocycles. The van der Waals surface area contributed by atoms with Gasteiger partial charge in [-0.1, -0.05) is 0 Å². The van der Waals surface area contributed by atoms with E-state index < -0.39 is 11.5 Å². The highest BCUT2D eigenvalue weighted by atomic mass is 16.5. The molecule has 0 spiro atoms. The number of hydrogen-bond acceptors (Lipinski definition) is 4. The molecule has 0 bridgehead atoms. The Morgan fingerprint density at radius 3 is 2.57 bits per heavy atom. The van der Waals surface area contributed by atoms with Crippen LogP contribution in [0.4, 0.5) is 5.69 Å². The van der Waals surface area contributed by atoms with Crippen LogP contribution in [0.1, 0.15) is 10.4 Å². The molecule has 0 aliphatic carbocycles. The highest BCUT2D eigenvalue weighted by Crippen LogP contribution is 2.31.